The van der Waals surface area contributed by atoms with Gasteiger partial charge in [-0.05, 0) is 49.2 Å². The molecule has 182 valence electrons. The number of piperidine rings is 1. The molecule has 11 heteroatoms. The summed E-state index contributed by atoms with van der Waals surface area (Å²) in [4.78, 5) is 24.2. The Kier molecular flexibility index (Phi) is 6.94. The van der Waals surface area contributed by atoms with E-state index in [1.807, 2.05) is 0 Å². The van der Waals surface area contributed by atoms with Gasteiger partial charge in [0.15, 0.2) is 11.5 Å². The van der Waals surface area contributed by atoms with E-state index in [1.54, 1.807) is 24.3 Å². The molecule has 0 aliphatic carbocycles. The Hall–Kier alpha value is -3.31. The monoisotopic (exact) mass is 489 g/mol. The van der Waals surface area contributed by atoms with E-state index < -0.39 is 10.0 Å². The molecule has 0 bridgehead atoms. The summed E-state index contributed by atoms with van der Waals surface area (Å²) in [6, 6.07) is 9.13. The largest absolute Gasteiger partial charge is 0.493 e. The van der Waals surface area contributed by atoms with Crippen molar-refractivity contribution in [3.63, 3.8) is 0 Å². The predicted octanol–water partition coefficient (Wildman–Crippen LogP) is 2.01. The lowest BCUT2D eigenvalue weighted by Gasteiger charge is -2.31. The Morgan fingerprint density at radius 3 is 2.38 bits per heavy atom. The van der Waals surface area contributed by atoms with Gasteiger partial charge >= 0.3 is 0 Å². The summed E-state index contributed by atoms with van der Waals surface area (Å²) in [5.41, 5.74) is 0.916. The van der Waals surface area contributed by atoms with Gasteiger partial charge in [0, 0.05) is 37.3 Å². The van der Waals surface area contributed by atoms with Gasteiger partial charge in [0.1, 0.15) is 13.2 Å². The fraction of sp³-hybridized carbons (Fsp3) is 0.391. The van der Waals surface area contributed by atoms with Crippen LogP contribution in [0.5, 0.6) is 17.2 Å². The molecule has 2 aromatic rings. The molecule has 2 aliphatic rings. The molecule has 0 radical (unpaired) electrons. The van der Waals surface area contributed by atoms with Gasteiger partial charge in [-0.2, -0.15) is 4.31 Å². The normalized spacial score (nSPS) is 16.5. The highest BCUT2D eigenvalue weighted by Gasteiger charge is 2.30. The van der Waals surface area contributed by atoms with Crippen LogP contribution in [0.15, 0.2) is 41.3 Å². The first-order valence-corrected chi connectivity index (χ1v) is 12.4. The molecule has 0 spiro atoms. The molecule has 0 atom stereocenters. The summed E-state index contributed by atoms with van der Waals surface area (Å²) in [6.45, 7) is 2.76. The highest BCUT2D eigenvalue weighted by atomic mass is 32.2. The van der Waals surface area contributed by atoms with Gasteiger partial charge < -0.3 is 24.8 Å². The third-order valence-electron chi connectivity index (χ3n) is 5.69. The van der Waals surface area contributed by atoms with Crippen molar-refractivity contribution < 1.29 is 32.2 Å². The van der Waals surface area contributed by atoms with E-state index in [-0.39, 0.29) is 35.8 Å². The predicted molar refractivity (Wildman–Crippen MR) is 124 cm³/mol. The zero-order chi connectivity index (χ0) is 24.3. The highest BCUT2D eigenvalue weighted by molar-refractivity contribution is 7.89. The zero-order valence-corrected chi connectivity index (χ0v) is 19.8. The SMILES string of the molecule is COc1cc(C(=O)NC2CCN(S(=O)(=O)c3ccc(NC(C)=O)cc3)CC2)cc2c1OCCO2. The number of sulfonamides is 1. The first-order chi connectivity index (χ1) is 16.3. The minimum absolute atomic E-state index is 0.160. The second-order valence-corrected chi connectivity index (χ2v) is 10.00. The van der Waals surface area contributed by atoms with E-state index in [9.17, 15) is 18.0 Å². The fourth-order valence-electron chi connectivity index (χ4n) is 3.98. The van der Waals surface area contributed by atoms with Crippen LogP contribution in [0.1, 0.15) is 30.1 Å². The maximum atomic E-state index is 13.0. The third kappa shape index (κ3) is 5.10. The molecule has 10 nitrogen and oxygen atoms in total. The number of nitrogens with zero attached hydrogens (tertiary/aromatic N) is 1. The molecule has 4 rings (SSSR count). The number of ether oxygens (including phenoxy) is 3. The minimum Gasteiger partial charge on any atom is -0.493 e. The molecule has 2 aliphatic heterocycles. The Morgan fingerprint density at radius 1 is 1.06 bits per heavy atom. The fourth-order valence-corrected chi connectivity index (χ4v) is 5.45. The number of methoxy groups -OCH3 is 1. The molecule has 34 heavy (non-hydrogen) atoms. The Morgan fingerprint density at radius 2 is 1.74 bits per heavy atom. The molecular weight excluding hydrogens is 462 g/mol. The van der Waals surface area contributed by atoms with Gasteiger partial charge in [-0.3, -0.25) is 9.59 Å². The van der Waals surface area contributed by atoms with Crippen LogP contribution in [0.25, 0.3) is 0 Å². The summed E-state index contributed by atoms with van der Waals surface area (Å²) < 4.78 is 43.9. The van der Waals surface area contributed by atoms with Crippen LogP contribution < -0.4 is 24.8 Å². The van der Waals surface area contributed by atoms with Crippen LogP contribution in [0.2, 0.25) is 0 Å². The maximum Gasteiger partial charge on any atom is 0.251 e. The van der Waals surface area contributed by atoms with E-state index in [1.165, 1.54) is 30.5 Å². The number of rotatable bonds is 6. The van der Waals surface area contributed by atoms with E-state index in [2.05, 4.69) is 10.6 Å². The second-order valence-electron chi connectivity index (χ2n) is 8.06. The zero-order valence-electron chi connectivity index (χ0n) is 19.0. The van der Waals surface area contributed by atoms with E-state index >= 15 is 0 Å². The smallest absolute Gasteiger partial charge is 0.251 e. The van der Waals surface area contributed by atoms with Gasteiger partial charge in [0.05, 0.1) is 12.0 Å². The quantitative estimate of drug-likeness (QED) is 0.636. The molecule has 1 fully saturated rings. The van der Waals surface area contributed by atoms with Crippen molar-refractivity contribution in [2.24, 2.45) is 0 Å². The van der Waals surface area contributed by atoms with Crippen molar-refractivity contribution in [2.45, 2.75) is 30.7 Å². The van der Waals surface area contributed by atoms with Crippen LogP contribution in [-0.2, 0) is 14.8 Å². The first kappa shape index (κ1) is 23.8. The Balaban J connectivity index is 1.37. The lowest BCUT2D eigenvalue weighted by Crippen LogP contribution is -2.46. The number of anilines is 1. The van der Waals surface area contributed by atoms with Gasteiger partial charge in [0.25, 0.3) is 5.91 Å². The number of nitrogens with one attached hydrogen (secondary N) is 2. The van der Waals surface area contributed by atoms with E-state index in [4.69, 9.17) is 14.2 Å². The molecule has 2 N–H and O–H groups in total. The van der Waals surface area contributed by atoms with Crippen molar-refractivity contribution >= 4 is 27.5 Å². The summed E-state index contributed by atoms with van der Waals surface area (Å²) in [5, 5.41) is 5.59. The van der Waals surface area contributed by atoms with Crippen LogP contribution in [0.3, 0.4) is 0 Å². The van der Waals surface area contributed by atoms with Crippen molar-refractivity contribution in [1.29, 1.82) is 0 Å². The Bertz CT molecular complexity index is 1160. The average molecular weight is 490 g/mol. The van der Waals surface area contributed by atoms with Crippen LogP contribution >= 0.6 is 0 Å². The van der Waals surface area contributed by atoms with E-state index in [0.29, 0.717) is 54.6 Å². The molecule has 2 aromatic carbocycles. The Labute approximate surface area is 198 Å². The van der Waals surface area contributed by atoms with Crippen LogP contribution in [-0.4, -0.2) is 64.0 Å². The number of hydrogen-bond donors (Lipinski definition) is 2. The summed E-state index contributed by atoms with van der Waals surface area (Å²) in [5.74, 6) is 0.849. The number of carbonyl (C=O) groups is 2. The molecule has 0 saturated carbocycles. The highest BCUT2D eigenvalue weighted by Crippen LogP contribution is 2.40. The molecule has 0 aromatic heterocycles. The van der Waals surface area contributed by atoms with Crippen molar-refractivity contribution in [3.05, 3.63) is 42.0 Å². The molecule has 2 heterocycles. The van der Waals surface area contributed by atoms with E-state index in [0.717, 1.165) is 0 Å². The van der Waals surface area contributed by atoms with Gasteiger partial charge in [-0.15, -0.1) is 0 Å². The topological polar surface area (TPSA) is 123 Å². The van der Waals surface area contributed by atoms with Gasteiger partial charge in [-0.25, -0.2) is 8.42 Å². The number of carbonyl (C=O) groups excluding carboxylic acids is 2. The first-order valence-electron chi connectivity index (χ1n) is 10.9. The van der Waals surface area contributed by atoms with Gasteiger partial charge in [0.2, 0.25) is 21.7 Å². The molecule has 2 amide bonds. The van der Waals surface area contributed by atoms with Gasteiger partial charge in [-0.1, -0.05) is 0 Å². The standard InChI is InChI=1S/C23H27N3O7S/c1-15(27)24-17-3-5-19(6-4-17)34(29,30)26-9-7-18(8-10-26)25-23(28)16-13-20(31-2)22-21(14-16)32-11-12-33-22/h3-6,13-14,18H,7-12H2,1-2H3,(H,24,27)(H,25,28). The second kappa shape index (κ2) is 9.90. The number of amides is 2. The third-order valence-corrected chi connectivity index (χ3v) is 7.60. The molecular formula is C23H27N3O7S. The van der Waals surface area contributed by atoms with Crippen molar-refractivity contribution in [1.82, 2.24) is 9.62 Å². The minimum atomic E-state index is -3.67. The summed E-state index contributed by atoms with van der Waals surface area (Å²) in [7, 11) is -2.17. The van der Waals surface area contributed by atoms with Crippen molar-refractivity contribution in [2.75, 3.05) is 38.7 Å². The number of benzene rings is 2. The number of fused-ring (bicyclic) bond motifs is 1. The van der Waals surface area contributed by atoms with Crippen LogP contribution in [0, 0.1) is 0 Å². The van der Waals surface area contributed by atoms with Crippen LogP contribution in [0.4, 0.5) is 5.69 Å². The summed E-state index contributed by atoms with van der Waals surface area (Å²) in [6.07, 6.45) is 0.966. The molecule has 1 saturated heterocycles. The number of hydrogen-bond acceptors (Lipinski definition) is 7. The lowest BCUT2D eigenvalue weighted by molar-refractivity contribution is -0.114. The lowest BCUT2D eigenvalue weighted by atomic mass is 10.1. The molecule has 0 unspecified atom stereocenters. The summed E-state index contributed by atoms with van der Waals surface area (Å²) >= 11 is 0. The average Bonchev–Trinajstić information content (AvgIpc) is 2.83. The maximum absolute atomic E-state index is 13.0. The van der Waals surface area contributed by atoms with Crippen molar-refractivity contribution in [3.8, 4) is 17.2 Å².